The Hall–Kier alpha value is -2.61. The third kappa shape index (κ3) is 4.96. The molecule has 23 heavy (non-hydrogen) atoms. The van der Waals surface area contributed by atoms with Crippen LogP contribution in [0.2, 0.25) is 0 Å². The Morgan fingerprint density at radius 2 is 2.17 bits per heavy atom. The van der Waals surface area contributed by atoms with E-state index in [2.05, 4.69) is 31.8 Å². The van der Waals surface area contributed by atoms with Crippen LogP contribution in [0.25, 0.3) is 0 Å². The van der Waals surface area contributed by atoms with Crippen LogP contribution in [0.15, 0.2) is 50.6 Å². The van der Waals surface area contributed by atoms with Crippen LogP contribution in [-0.2, 0) is 16.1 Å². The second-order valence-electron chi connectivity index (χ2n) is 4.36. The summed E-state index contributed by atoms with van der Waals surface area (Å²) in [6.07, 6.45) is 2.90. The first-order valence-corrected chi connectivity index (χ1v) is 7.36. The normalized spacial score (nSPS) is 10.5. The molecule has 0 bridgehead atoms. The molecule has 0 spiro atoms. The van der Waals surface area contributed by atoms with Gasteiger partial charge in [-0.25, -0.2) is 5.43 Å². The highest BCUT2D eigenvalue weighted by Gasteiger charge is 2.12. The number of methoxy groups -OCH3 is 1. The number of rotatable bonds is 5. The van der Waals surface area contributed by atoms with E-state index in [4.69, 9.17) is 9.15 Å². The Kier molecular flexibility index (Phi) is 5.93. The van der Waals surface area contributed by atoms with Crippen molar-refractivity contribution in [2.45, 2.75) is 6.54 Å². The topological polar surface area (TPSA) is 92.9 Å². The molecule has 0 fully saturated rings. The minimum Gasteiger partial charge on any atom is -0.496 e. The van der Waals surface area contributed by atoms with Crippen molar-refractivity contribution >= 4 is 34.0 Å². The van der Waals surface area contributed by atoms with Crippen molar-refractivity contribution in [2.75, 3.05) is 7.11 Å². The van der Waals surface area contributed by atoms with Gasteiger partial charge in [0.25, 0.3) is 0 Å². The van der Waals surface area contributed by atoms with Gasteiger partial charge in [-0.2, -0.15) is 5.10 Å². The molecule has 0 aliphatic carbocycles. The number of carbonyl (C=O) groups excluding carboxylic acids is 2. The standard InChI is InChI=1S/C15H14BrN3O4/c1-22-13-5-4-10(7-12(13)16)8-18-19-15(21)14(20)17-9-11-3-2-6-23-11/h2-8H,9H2,1H3,(H,17,20)(H,19,21)/b18-8-. The average molecular weight is 380 g/mol. The lowest BCUT2D eigenvalue weighted by atomic mass is 10.2. The number of hydrogen-bond acceptors (Lipinski definition) is 5. The molecule has 0 aliphatic rings. The SMILES string of the molecule is COc1ccc(/C=N\NC(=O)C(=O)NCc2ccco2)cc1Br. The van der Waals surface area contributed by atoms with Crippen molar-refractivity contribution in [3.63, 3.8) is 0 Å². The van der Waals surface area contributed by atoms with E-state index < -0.39 is 11.8 Å². The lowest BCUT2D eigenvalue weighted by Crippen LogP contribution is -2.37. The number of carbonyl (C=O) groups is 2. The molecule has 1 aromatic heterocycles. The van der Waals surface area contributed by atoms with Crippen LogP contribution in [-0.4, -0.2) is 25.1 Å². The Morgan fingerprint density at radius 1 is 1.35 bits per heavy atom. The van der Waals surface area contributed by atoms with Crippen LogP contribution >= 0.6 is 15.9 Å². The molecule has 0 saturated carbocycles. The van der Waals surface area contributed by atoms with Gasteiger partial charge < -0.3 is 14.5 Å². The highest BCUT2D eigenvalue weighted by Crippen LogP contribution is 2.24. The van der Waals surface area contributed by atoms with E-state index in [0.717, 1.165) is 10.0 Å². The van der Waals surface area contributed by atoms with Crippen molar-refractivity contribution < 1.29 is 18.7 Å². The molecule has 7 nitrogen and oxygen atoms in total. The summed E-state index contributed by atoms with van der Waals surface area (Å²) >= 11 is 3.34. The van der Waals surface area contributed by atoms with Crippen molar-refractivity contribution in [3.8, 4) is 5.75 Å². The summed E-state index contributed by atoms with van der Waals surface area (Å²) in [5.41, 5.74) is 2.88. The van der Waals surface area contributed by atoms with E-state index in [9.17, 15) is 9.59 Å². The number of hydrazone groups is 1. The van der Waals surface area contributed by atoms with Gasteiger partial charge in [-0.15, -0.1) is 0 Å². The Bertz CT molecular complexity index is 714. The van der Waals surface area contributed by atoms with Crippen LogP contribution in [0.1, 0.15) is 11.3 Å². The van der Waals surface area contributed by atoms with Gasteiger partial charge in [0.2, 0.25) is 0 Å². The number of hydrogen-bond donors (Lipinski definition) is 2. The molecule has 2 amide bonds. The van der Waals surface area contributed by atoms with Crippen molar-refractivity contribution in [1.29, 1.82) is 0 Å². The molecule has 0 atom stereocenters. The fraction of sp³-hybridized carbons (Fsp3) is 0.133. The first kappa shape index (κ1) is 16.8. The third-order valence-electron chi connectivity index (χ3n) is 2.77. The zero-order valence-corrected chi connectivity index (χ0v) is 13.8. The lowest BCUT2D eigenvalue weighted by molar-refractivity contribution is -0.139. The molecular weight excluding hydrogens is 366 g/mol. The van der Waals surface area contributed by atoms with Gasteiger partial charge in [-0.3, -0.25) is 9.59 Å². The Balaban J connectivity index is 1.83. The molecule has 2 N–H and O–H groups in total. The maximum absolute atomic E-state index is 11.6. The second-order valence-corrected chi connectivity index (χ2v) is 5.21. The zero-order chi connectivity index (χ0) is 16.7. The summed E-state index contributed by atoms with van der Waals surface area (Å²) < 4.78 is 10.9. The number of halogens is 1. The molecule has 2 rings (SSSR count). The molecule has 0 radical (unpaired) electrons. The third-order valence-corrected chi connectivity index (χ3v) is 3.38. The van der Waals surface area contributed by atoms with E-state index in [1.54, 1.807) is 37.4 Å². The molecule has 8 heteroatoms. The predicted molar refractivity (Wildman–Crippen MR) is 87.0 cm³/mol. The predicted octanol–water partition coefficient (Wildman–Crippen LogP) is 1.82. The van der Waals surface area contributed by atoms with Crippen LogP contribution in [0.5, 0.6) is 5.75 Å². The molecule has 1 aromatic carbocycles. The monoisotopic (exact) mass is 379 g/mol. The van der Waals surface area contributed by atoms with Crippen LogP contribution in [0, 0.1) is 0 Å². The first-order chi connectivity index (χ1) is 11.1. The maximum atomic E-state index is 11.6. The summed E-state index contributed by atoms with van der Waals surface area (Å²) in [6.45, 7) is 0.133. The van der Waals surface area contributed by atoms with Crippen LogP contribution in [0.4, 0.5) is 0 Å². The van der Waals surface area contributed by atoms with E-state index in [0.29, 0.717) is 11.5 Å². The van der Waals surface area contributed by atoms with Gasteiger partial charge in [0.05, 0.1) is 30.6 Å². The average Bonchev–Trinajstić information content (AvgIpc) is 3.06. The van der Waals surface area contributed by atoms with E-state index in [-0.39, 0.29) is 6.54 Å². The molecule has 0 unspecified atom stereocenters. The van der Waals surface area contributed by atoms with Crippen molar-refractivity contribution in [3.05, 3.63) is 52.4 Å². The molecule has 0 saturated heterocycles. The van der Waals surface area contributed by atoms with Gasteiger partial charge in [-0.1, -0.05) is 0 Å². The highest BCUT2D eigenvalue weighted by molar-refractivity contribution is 9.10. The summed E-state index contributed by atoms with van der Waals surface area (Å²) in [5.74, 6) is -0.420. The summed E-state index contributed by atoms with van der Waals surface area (Å²) in [4.78, 5) is 23.1. The van der Waals surface area contributed by atoms with E-state index in [1.807, 2.05) is 0 Å². The molecule has 0 aliphatic heterocycles. The number of furan rings is 1. The fourth-order valence-electron chi connectivity index (χ4n) is 1.64. The number of ether oxygens (including phenoxy) is 1. The minimum absolute atomic E-state index is 0.133. The first-order valence-electron chi connectivity index (χ1n) is 6.57. The molecule has 1 heterocycles. The van der Waals surface area contributed by atoms with Crippen molar-refractivity contribution in [2.24, 2.45) is 5.10 Å². The fourth-order valence-corrected chi connectivity index (χ4v) is 2.20. The van der Waals surface area contributed by atoms with Crippen molar-refractivity contribution in [1.82, 2.24) is 10.7 Å². The highest BCUT2D eigenvalue weighted by atomic mass is 79.9. The number of benzene rings is 1. The Labute approximate surface area is 140 Å². The van der Waals surface area contributed by atoms with Gasteiger partial charge in [0.15, 0.2) is 0 Å². The number of nitrogens with zero attached hydrogens (tertiary/aromatic N) is 1. The molecule has 2 aromatic rings. The largest absolute Gasteiger partial charge is 0.496 e. The summed E-state index contributed by atoms with van der Waals surface area (Å²) in [7, 11) is 1.56. The molecule has 120 valence electrons. The molecular formula is C15H14BrN3O4. The van der Waals surface area contributed by atoms with Gasteiger partial charge >= 0.3 is 11.8 Å². The number of nitrogens with one attached hydrogen (secondary N) is 2. The quantitative estimate of drug-likeness (QED) is 0.470. The maximum Gasteiger partial charge on any atom is 0.329 e. The summed E-state index contributed by atoms with van der Waals surface area (Å²) in [5, 5.41) is 6.15. The minimum atomic E-state index is -0.861. The Morgan fingerprint density at radius 3 is 2.83 bits per heavy atom. The van der Waals surface area contributed by atoms with Gasteiger partial charge in [0.1, 0.15) is 11.5 Å². The summed E-state index contributed by atoms with van der Waals surface area (Å²) in [6, 6.07) is 8.67. The zero-order valence-electron chi connectivity index (χ0n) is 12.2. The van der Waals surface area contributed by atoms with E-state index in [1.165, 1.54) is 12.5 Å². The van der Waals surface area contributed by atoms with Gasteiger partial charge in [0, 0.05) is 0 Å². The lowest BCUT2D eigenvalue weighted by Gasteiger charge is -2.03. The van der Waals surface area contributed by atoms with Gasteiger partial charge in [-0.05, 0) is 51.8 Å². The van der Waals surface area contributed by atoms with Crippen LogP contribution in [0.3, 0.4) is 0 Å². The smallest absolute Gasteiger partial charge is 0.329 e. The van der Waals surface area contributed by atoms with E-state index >= 15 is 0 Å². The second kappa shape index (κ2) is 8.14. The van der Waals surface area contributed by atoms with Crippen LogP contribution < -0.4 is 15.5 Å². The number of amides is 2.